The molecule has 0 aromatic heterocycles. The lowest BCUT2D eigenvalue weighted by Gasteiger charge is -2.24. The molecule has 1 aliphatic rings. The van der Waals surface area contributed by atoms with Crippen LogP contribution in [0.5, 0.6) is 5.75 Å². The zero-order chi connectivity index (χ0) is 19.6. The minimum absolute atomic E-state index is 0.0314. The van der Waals surface area contributed by atoms with Crippen LogP contribution < -0.4 is 10.1 Å². The Bertz CT molecular complexity index is 845. The van der Waals surface area contributed by atoms with Gasteiger partial charge in [-0.05, 0) is 54.2 Å². The van der Waals surface area contributed by atoms with E-state index >= 15 is 0 Å². The average molecular weight is 365 g/mol. The number of hydrogen-bond acceptors (Lipinski definition) is 3. The third-order valence-electron chi connectivity index (χ3n) is 4.89. The highest BCUT2D eigenvalue weighted by Crippen LogP contribution is 2.27. The Balaban J connectivity index is 1.80. The van der Waals surface area contributed by atoms with Gasteiger partial charge in [0.15, 0.2) is 5.96 Å². The van der Waals surface area contributed by atoms with E-state index in [1.54, 1.807) is 7.11 Å². The summed E-state index contributed by atoms with van der Waals surface area (Å²) in [5, 5.41) is 11.3. The van der Waals surface area contributed by atoms with Crippen LogP contribution in [0.2, 0.25) is 0 Å². The molecule has 1 aliphatic heterocycles. The van der Waals surface area contributed by atoms with Crippen molar-refractivity contribution < 1.29 is 9.53 Å². The number of benzene rings is 2. The average Bonchev–Trinajstić information content (AvgIpc) is 2.84. The molecule has 1 amide bonds. The second-order valence-corrected chi connectivity index (χ2v) is 7.72. The Hall–Kier alpha value is -2.82. The van der Waals surface area contributed by atoms with Gasteiger partial charge in [-0.25, -0.2) is 0 Å². The van der Waals surface area contributed by atoms with Gasteiger partial charge in [-0.1, -0.05) is 44.2 Å². The highest BCUT2D eigenvalue weighted by Gasteiger charge is 2.45. The fourth-order valence-corrected chi connectivity index (χ4v) is 3.70. The number of hydrogen-bond donors (Lipinski definition) is 2. The van der Waals surface area contributed by atoms with Crippen LogP contribution in [0.3, 0.4) is 0 Å². The molecular weight excluding hydrogens is 338 g/mol. The third-order valence-corrected chi connectivity index (χ3v) is 4.89. The molecule has 1 heterocycles. The van der Waals surface area contributed by atoms with E-state index in [4.69, 9.17) is 10.1 Å². The predicted molar refractivity (Wildman–Crippen MR) is 108 cm³/mol. The van der Waals surface area contributed by atoms with E-state index in [0.717, 1.165) is 22.4 Å². The number of rotatable bonds is 6. The Labute approximate surface area is 160 Å². The first kappa shape index (κ1) is 19.0. The fourth-order valence-electron chi connectivity index (χ4n) is 3.70. The molecule has 1 fully saturated rings. The standard InChI is InChI=1S/C22H27N3O2/c1-15(2)13-22(3)20(26)25(21(23)24-22)14-16-6-5-7-18(12-16)17-8-10-19(27-4)11-9-17/h5-12,15H,13-14H2,1-4H3,(H2,23,24). The van der Waals surface area contributed by atoms with Crippen LogP contribution in [0.1, 0.15) is 32.8 Å². The van der Waals surface area contributed by atoms with E-state index in [2.05, 4.69) is 25.2 Å². The van der Waals surface area contributed by atoms with Gasteiger partial charge in [-0.3, -0.25) is 15.1 Å². The van der Waals surface area contributed by atoms with Crippen LogP contribution in [0.25, 0.3) is 11.1 Å². The molecule has 0 saturated carbocycles. The first-order valence-electron chi connectivity index (χ1n) is 9.24. The van der Waals surface area contributed by atoms with Crippen LogP contribution in [0, 0.1) is 11.3 Å². The minimum Gasteiger partial charge on any atom is -0.497 e. The Morgan fingerprint density at radius 2 is 1.85 bits per heavy atom. The summed E-state index contributed by atoms with van der Waals surface area (Å²) < 4.78 is 5.21. The minimum atomic E-state index is -0.696. The highest BCUT2D eigenvalue weighted by molar-refractivity contribution is 6.07. The van der Waals surface area contributed by atoms with Crippen LogP contribution in [-0.2, 0) is 11.3 Å². The van der Waals surface area contributed by atoms with Crippen molar-refractivity contribution in [3.8, 4) is 16.9 Å². The monoisotopic (exact) mass is 365 g/mol. The number of amides is 1. The molecule has 1 atom stereocenters. The van der Waals surface area contributed by atoms with E-state index in [1.165, 1.54) is 4.90 Å². The van der Waals surface area contributed by atoms with Crippen molar-refractivity contribution in [3.63, 3.8) is 0 Å². The van der Waals surface area contributed by atoms with Crippen molar-refractivity contribution in [1.29, 1.82) is 5.41 Å². The van der Waals surface area contributed by atoms with Crippen LogP contribution in [0.15, 0.2) is 48.5 Å². The Morgan fingerprint density at radius 1 is 1.15 bits per heavy atom. The molecule has 2 aromatic rings. The van der Waals surface area contributed by atoms with E-state index < -0.39 is 5.54 Å². The van der Waals surface area contributed by atoms with Gasteiger partial charge in [0, 0.05) is 0 Å². The molecule has 0 spiro atoms. The molecule has 5 heteroatoms. The van der Waals surface area contributed by atoms with Gasteiger partial charge in [0.05, 0.1) is 13.7 Å². The third kappa shape index (κ3) is 3.97. The summed E-state index contributed by atoms with van der Waals surface area (Å²) in [6.07, 6.45) is 0.705. The van der Waals surface area contributed by atoms with Crippen LogP contribution in [0.4, 0.5) is 0 Å². The van der Waals surface area contributed by atoms with Crippen molar-refractivity contribution >= 4 is 11.9 Å². The van der Waals surface area contributed by atoms with Crippen molar-refractivity contribution in [1.82, 2.24) is 10.2 Å². The van der Waals surface area contributed by atoms with Gasteiger partial charge < -0.3 is 10.1 Å². The fraction of sp³-hybridized carbons (Fsp3) is 0.364. The van der Waals surface area contributed by atoms with E-state index in [-0.39, 0.29) is 11.9 Å². The molecule has 2 N–H and O–H groups in total. The lowest BCUT2D eigenvalue weighted by molar-refractivity contribution is -0.131. The second kappa shape index (κ2) is 7.43. The van der Waals surface area contributed by atoms with Crippen molar-refractivity contribution in [2.45, 2.75) is 39.3 Å². The van der Waals surface area contributed by atoms with Gasteiger partial charge >= 0.3 is 0 Å². The summed E-state index contributed by atoms with van der Waals surface area (Å²) in [5.41, 5.74) is 2.46. The number of nitrogens with one attached hydrogen (secondary N) is 2. The maximum atomic E-state index is 12.9. The Kier molecular flexibility index (Phi) is 5.22. The van der Waals surface area contributed by atoms with Crippen molar-refractivity contribution in [2.75, 3.05) is 7.11 Å². The molecule has 1 saturated heterocycles. The van der Waals surface area contributed by atoms with E-state index in [9.17, 15) is 4.79 Å². The molecule has 0 radical (unpaired) electrons. The van der Waals surface area contributed by atoms with Crippen LogP contribution in [-0.4, -0.2) is 29.4 Å². The summed E-state index contributed by atoms with van der Waals surface area (Å²) in [5.74, 6) is 1.34. The van der Waals surface area contributed by atoms with Gasteiger partial charge in [-0.2, -0.15) is 0 Å². The first-order chi connectivity index (χ1) is 12.8. The van der Waals surface area contributed by atoms with Gasteiger partial charge in [-0.15, -0.1) is 0 Å². The number of carbonyl (C=O) groups excluding carboxylic acids is 1. The summed E-state index contributed by atoms with van der Waals surface area (Å²) in [6, 6.07) is 16.0. The number of nitrogens with zero attached hydrogens (tertiary/aromatic N) is 1. The molecule has 2 aromatic carbocycles. The Morgan fingerprint density at radius 3 is 2.48 bits per heavy atom. The van der Waals surface area contributed by atoms with Crippen molar-refractivity contribution in [3.05, 3.63) is 54.1 Å². The van der Waals surface area contributed by atoms with Gasteiger partial charge in [0.25, 0.3) is 5.91 Å². The SMILES string of the molecule is COc1ccc(-c2cccc(CN3C(=N)NC(C)(CC(C)C)C3=O)c2)cc1. The molecular formula is C22H27N3O2. The summed E-state index contributed by atoms with van der Waals surface area (Å²) >= 11 is 0. The zero-order valence-electron chi connectivity index (χ0n) is 16.4. The lowest BCUT2D eigenvalue weighted by atomic mass is 9.91. The molecule has 27 heavy (non-hydrogen) atoms. The van der Waals surface area contributed by atoms with Gasteiger partial charge in [0.2, 0.25) is 0 Å². The first-order valence-corrected chi connectivity index (χ1v) is 9.24. The maximum absolute atomic E-state index is 12.9. The number of methoxy groups -OCH3 is 1. The summed E-state index contributed by atoms with van der Waals surface area (Å²) in [6.45, 7) is 6.45. The quantitative estimate of drug-likeness (QED) is 0.812. The van der Waals surface area contributed by atoms with Gasteiger partial charge in [0.1, 0.15) is 11.3 Å². The highest BCUT2D eigenvalue weighted by atomic mass is 16.5. The molecule has 0 bridgehead atoms. The molecule has 3 rings (SSSR count). The molecule has 0 aliphatic carbocycles. The maximum Gasteiger partial charge on any atom is 0.255 e. The largest absolute Gasteiger partial charge is 0.497 e. The number of guanidine groups is 1. The molecule has 142 valence electrons. The molecule has 5 nitrogen and oxygen atoms in total. The smallest absolute Gasteiger partial charge is 0.255 e. The summed E-state index contributed by atoms with van der Waals surface area (Å²) in [4.78, 5) is 14.4. The molecule has 1 unspecified atom stereocenters. The summed E-state index contributed by atoms with van der Waals surface area (Å²) in [7, 11) is 1.65. The van der Waals surface area contributed by atoms with E-state index in [0.29, 0.717) is 18.9 Å². The lowest BCUT2D eigenvalue weighted by Crippen LogP contribution is -2.44. The number of ether oxygens (including phenoxy) is 1. The predicted octanol–water partition coefficient (Wildman–Crippen LogP) is 4.03. The second-order valence-electron chi connectivity index (χ2n) is 7.72. The normalized spacial score (nSPS) is 19.5. The van der Waals surface area contributed by atoms with Crippen LogP contribution >= 0.6 is 0 Å². The van der Waals surface area contributed by atoms with E-state index in [1.807, 2.05) is 49.4 Å². The zero-order valence-corrected chi connectivity index (χ0v) is 16.4. The number of carbonyl (C=O) groups is 1. The van der Waals surface area contributed by atoms with Crippen molar-refractivity contribution in [2.24, 2.45) is 5.92 Å². The topological polar surface area (TPSA) is 65.4 Å².